The second-order valence-electron chi connectivity index (χ2n) is 3.48. The molecule has 0 saturated carbocycles. The highest BCUT2D eigenvalue weighted by molar-refractivity contribution is 5.86. The number of benzene rings is 1. The molecule has 2 N–H and O–H groups in total. The zero-order chi connectivity index (χ0) is 13.2. The number of rotatable bonds is 6. The van der Waals surface area contributed by atoms with E-state index in [4.69, 9.17) is 4.74 Å². The standard InChI is InChI=1S/C13H16N2O3/c1-2-12(16)14-8-9-15-13(17)18-10-11-6-4-3-5-7-11/h2-7H,1,8-10H2,(H,14,16)(H,15,17). The first-order chi connectivity index (χ1) is 8.72. The molecule has 0 heterocycles. The molecule has 0 aliphatic rings. The highest BCUT2D eigenvalue weighted by atomic mass is 16.5. The second-order valence-corrected chi connectivity index (χ2v) is 3.48. The summed E-state index contributed by atoms with van der Waals surface area (Å²) in [6.07, 6.45) is 0.667. The zero-order valence-corrected chi connectivity index (χ0v) is 10.0. The lowest BCUT2D eigenvalue weighted by atomic mass is 10.2. The number of amides is 2. The first-order valence-electron chi connectivity index (χ1n) is 5.57. The van der Waals surface area contributed by atoms with Crippen molar-refractivity contribution in [3.8, 4) is 0 Å². The van der Waals surface area contributed by atoms with Crippen molar-refractivity contribution in [2.75, 3.05) is 13.1 Å². The Bertz CT molecular complexity index is 404. The molecule has 0 unspecified atom stereocenters. The molecule has 1 aromatic rings. The molecule has 1 rings (SSSR count). The van der Waals surface area contributed by atoms with Gasteiger partial charge < -0.3 is 15.4 Å². The quantitative estimate of drug-likeness (QED) is 0.587. The molecule has 0 fully saturated rings. The normalized spacial score (nSPS) is 9.33. The molecule has 0 bridgehead atoms. The predicted molar refractivity (Wildman–Crippen MR) is 67.8 cm³/mol. The summed E-state index contributed by atoms with van der Waals surface area (Å²) < 4.78 is 4.98. The Morgan fingerprint density at radius 2 is 1.83 bits per heavy atom. The van der Waals surface area contributed by atoms with E-state index in [0.717, 1.165) is 5.56 Å². The number of carbonyl (C=O) groups excluding carboxylic acids is 2. The summed E-state index contributed by atoms with van der Waals surface area (Å²) in [5.74, 6) is -0.269. The smallest absolute Gasteiger partial charge is 0.407 e. The zero-order valence-electron chi connectivity index (χ0n) is 10.0. The Labute approximate surface area is 106 Å². The Hall–Kier alpha value is -2.30. The van der Waals surface area contributed by atoms with Crippen LogP contribution in [0.2, 0.25) is 0 Å². The number of nitrogens with one attached hydrogen (secondary N) is 2. The lowest BCUT2D eigenvalue weighted by molar-refractivity contribution is -0.116. The summed E-state index contributed by atoms with van der Waals surface area (Å²) in [6, 6.07) is 9.39. The van der Waals surface area contributed by atoms with E-state index in [1.165, 1.54) is 6.08 Å². The number of hydrogen-bond acceptors (Lipinski definition) is 3. The Morgan fingerprint density at radius 1 is 1.17 bits per heavy atom. The third-order valence-corrected chi connectivity index (χ3v) is 2.09. The van der Waals surface area contributed by atoms with Crippen LogP contribution in [0.1, 0.15) is 5.56 Å². The second kappa shape index (κ2) is 7.89. The molecule has 0 aliphatic carbocycles. The topological polar surface area (TPSA) is 67.4 Å². The highest BCUT2D eigenvalue weighted by Crippen LogP contribution is 2.00. The molecule has 0 aromatic heterocycles. The molecule has 5 heteroatoms. The van der Waals surface area contributed by atoms with Crippen LogP contribution in [0.25, 0.3) is 0 Å². The fourth-order valence-corrected chi connectivity index (χ4v) is 1.20. The Kier molecular flexibility index (Phi) is 6.03. The minimum absolute atomic E-state index is 0.228. The fraction of sp³-hybridized carbons (Fsp3) is 0.231. The van der Waals surface area contributed by atoms with Gasteiger partial charge in [-0.25, -0.2) is 4.79 Å². The number of carbonyl (C=O) groups is 2. The van der Waals surface area contributed by atoms with Crippen LogP contribution in [0.4, 0.5) is 4.79 Å². The number of alkyl carbamates (subject to hydrolysis) is 1. The Morgan fingerprint density at radius 3 is 2.50 bits per heavy atom. The van der Waals surface area contributed by atoms with Gasteiger partial charge in [0.25, 0.3) is 0 Å². The molecule has 1 aromatic carbocycles. The molecule has 0 aliphatic heterocycles. The van der Waals surface area contributed by atoms with Gasteiger partial charge in [-0.1, -0.05) is 36.9 Å². The lowest BCUT2D eigenvalue weighted by Gasteiger charge is -2.07. The molecule has 0 spiro atoms. The van der Waals surface area contributed by atoms with Gasteiger partial charge >= 0.3 is 6.09 Å². The van der Waals surface area contributed by atoms with Gasteiger partial charge in [-0.05, 0) is 11.6 Å². The summed E-state index contributed by atoms with van der Waals surface area (Å²) in [6.45, 7) is 4.19. The highest BCUT2D eigenvalue weighted by Gasteiger charge is 2.01. The van der Waals surface area contributed by atoms with Gasteiger partial charge in [0.2, 0.25) is 5.91 Å². The van der Waals surface area contributed by atoms with Gasteiger partial charge in [0, 0.05) is 13.1 Å². The van der Waals surface area contributed by atoms with Crippen LogP contribution in [-0.4, -0.2) is 25.1 Å². The average Bonchev–Trinajstić information content (AvgIpc) is 2.42. The predicted octanol–water partition coefficient (Wildman–Crippen LogP) is 1.21. The van der Waals surface area contributed by atoms with E-state index in [0.29, 0.717) is 13.1 Å². The summed E-state index contributed by atoms with van der Waals surface area (Å²) >= 11 is 0. The van der Waals surface area contributed by atoms with E-state index in [2.05, 4.69) is 17.2 Å². The van der Waals surface area contributed by atoms with Crippen LogP contribution >= 0.6 is 0 Å². The van der Waals surface area contributed by atoms with E-state index < -0.39 is 6.09 Å². The minimum atomic E-state index is -0.508. The van der Waals surface area contributed by atoms with E-state index >= 15 is 0 Å². The largest absolute Gasteiger partial charge is 0.445 e. The number of hydrogen-bond donors (Lipinski definition) is 2. The van der Waals surface area contributed by atoms with Crippen LogP contribution in [0.15, 0.2) is 43.0 Å². The molecule has 96 valence electrons. The third kappa shape index (κ3) is 5.69. The fourth-order valence-electron chi connectivity index (χ4n) is 1.20. The van der Waals surface area contributed by atoms with Crippen molar-refractivity contribution >= 4 is 12.0 Å². The maximum atomic E-state index is 11.3. The molecule has 0 atom stereocenters. The van der Waals surface area contributed by atoms with Crippen LogP contribution in [0.5, 0.6) is 0 Å². The van der Waals surface area contributed by atoms with Crippen molar-refractivity contribution in [3.05, 3.63) is 48.6 Å². The van der Waals surface area contributed by atoms with Crippen LogP contribution in [0.3, 0.4) is 0 Å². The van der Waals surface area contributed by atoms with E-state index in [1.54, 1.807) is 0 Å². The van der Waals surface area contributed by atoms with Gasteiger partial charge in [0.05, 0.1) is 0 Å². The molecule has 0 radical (unpaired) electrons. The molecule has 5 nitrogen and oxygen atoms in total. The number of ether oxygens (including phenoxy) is 1. The first-order valence-corrected chi connectivity index (χ1v) is 5.57. The molecular weight excluding hydrogens is 232 g/mol. The van der Waals surface area contributed by atoms with Crippen molar-refractivity contribution in [2.24, 2.45) is 0 Å². The van der Waals surface area contributed by atoms with Gasteiger partial charge in [-0.3, -0.25) is 4.79 Å². The Balaban J connectivity index is 2.11. The molecule has 2 amide bonds. The van der Waals surface area contributed by atoms with Gasteiger partial charge in [-0.15, -0.1) is 0 Å². The van der Waals surface area contributed by atoms with Crippen LogP contribution < -0.4 is 10.6 Å². The molecule has 0 saturated heterocycles. The molecular formula is C13H16N2O3. The van der Waals surface area contributed by atoms with Crippen molar-refractivity contribution in [1.29, 1.82) is 0 Å². The van der Waals surface area contributed by atoms with Gasteiger partial charge in [0.1, 0.15) is 6.61 Å². The monoisotopic (exact) mass is 248 g/mol. The average molecular weight is 248 g/mol. The summed E-state index contributed by atoms with van der Waals surface area (Å²) in [4.78, 5) is 22.1. The summed E-state index contributed by atoms with van der Waals surface area (Å²) in [5.41, 5.74) is 0.924. The summed E-state index contributed by atoms with van der Waals surface area (Å²) in [7, 11) is 0. The van der Waals surface area contributed by atoms with Crippen LogP contribution in [-0.2, 0) is 16.1 Å². The minimum Gasteiger partial charge on any atom is -0.445 e. The van der Waals surface area contributed by atoms with Crippen molar-refractivity contribution in [2.45, 2.75) is 6.61 Å². The maximum absolute atomic E-state index is 11.3. The SMILES string of the molecule is C=CC(=O)NCCNC(=O)OCc1ccccc1. The van der Waals surface area contributed by atoms with E-state index in [-0.39, 0.29) is 12.5 Å². The van der Waals surface area contributed by atoms with Gasteiger partial charge in [-0.2, -0.15) is 0 Å². The lowest BCUT2D eigenvalue weighted by Crippen LogP contribution is -2.34. The summed E-state index contributed by atoms with van der Waals surface area (Å²) in [5, 5.41) is 5.06. The third-order valence-electron chi connectivity index (χ3n) is 2.09. The van der Waals surface area contributed by atoms with E-state index in [9.17, 15) is 9.59 Å². The van der Waals surface area contributed by atoms with Crippen molar-refractivity contribution in [3.63, 3.8) is 0 Å². The van der Waals surface area contributed by atoms with E-state index in [1.807, 2.05) is 30.3 Å². The van der Waals surface area contributed by atoms with Crippen molar-refractivity contribution < 1.29 is 14.3 Å². The molecule has 18 heavy (non-hydrogen) atoms. The first kappa shape index (κ1) is 13.8. The van der Waals surface area contributed by atoms with Gasteiger partial charge in [0.15, 0.2) is 0 Å². The maximum Gasteiger partial charge on any atom is 0.407 e. The van der Waals surface area contributed by atoms with Crippen LogP contribution in [0, 0.1) is 0 Å². The van der Waals surface area contributed by atoms with Crippen molar-refractivity contribution in [1.82, 2.24) is 10.6 Å².